The van der Waals surface area contributed by atoms with Crippen molar-refractivity contribution in [2.75, 3.05) is 59.5 Å². The van der Waals surface area contributed by atoms with Crippen LogP contribution in [0.3, 0.4) is 0 Å². The molecule has 1 fully saturated rings. The highest BCUT2D eigenvalue weighted by atomic mass is 16.6. The van der Waals surface area contributed by atoms with E-state index in [1.807, 2.05) is 26.0 Å². The van der Waals surface area contributed by atoms with Crippen LogP contribution in [0.25, 0.3) is 6.08 Å². The zero-order valence-electron chi connectivity index (χ0n) is 18.1. The number of benzene rings is 1. The molecule has 0 atom stereocenters. The summed E-state index contributed by atoms with van der Waals surface area (Å²) in [6.07, 6.45) is 3.35. The molecule has 1 heterocycles. The average Bonchev–Trinajstić information content (AvgIpc) is 2.75. The van der Waals surface area contributed by atoms with Gasteiger partial charge in [-0.05, 0) is 32.1 Å². The van der Waals surface area contributed by atoms with Gasteiger partial charge in [0.05, 0.1) is 39.6 Å². The second-order valence-corrected chi connectivity index (χ2v) is 6.80. The van der Waals surface area contributed by atoms with Crippen molar-refractivity contribution in [1.82, 2.24) is 0 Å². The lowest BCUT2D eigenvalue weighted by Gasteiger charge is -2.12. The summed E-state index contributed by atoms with van der Waals surface area (Å²) in [7, 11) is 0. The van der Waals surface area contributed by atoms with Gasteiger partial charge in [0, 0.05) is 5.56 Å². The Bertz CT molecular complexity index is 737. The number of carbonyl (C=O) groups excluding carboxylic acids is 2. The van der Waals surface area contributed by atoms with E-state index < -0.39 is 11.9 Å². The van der Waals surface area contributed by atoms with Gasteiger partial charge >= 0.3 is 11.9 Å². The van der Waals surface area contributed by atoms with Crippen LogP contribution in [0, 0.1) is 0 Å². The van der Waals surface area contributed by atoms with E-state index in [1.165, 1.54) is 6.08 Å². The minimum atomic E-state index is -0.794. The summed E-state index contributed by atoms with van der Waals surface area (Å²) in [6.45, 7) is 6.29. The highest BCUT2D eigenvalue weighted by molar-refractivity contribution is 6.17. The second kappa shape index (κ2) is 14.3. The maximum absolute atomic E-state index is 12.6. The molecule has 0 radical (unpaired) electrons. The Labute approximate surface area is 182 Å². The molecule has 0 amide bonds. The molecule has 1 aromatic rings. The molecule has 170 valence electrons. The van der Waals surface area contributed by atoms with Crippen LogP contribution in [0.15, 0.2) is 41.5 Å². The predicted octanol–water partition coefficient (Wildman–Crippen LogP) is 2.56. The number of ether oxygens (including phenoxy) is 6. The van der Waals surface area contributed by atoms with Gasteiger partial charge in [0.1, 0.15) is 31.1 Å². The van der Waals surface area contributed by atoms with Crippen molar-refractivity contribution < 1.29 is 38.0 Å². The number of para-hydroxylation sites is 1. The third kappa shape index (κ3) is 9.78. The second-order valence-electron chi connectivity index (χ2n) is 6.80. The van der Waals surface area contributed by atoms with Crippen molar-refractivity contribution >= 4 is 18.0 Å². The van der Waals surface area contributed by atoms with Gasteiger partial charge in [-0.2, -0.15) is 0 Å². The van der Waals surface area contributed by atoms with Crippen LogP contribution in [0.2, 0.25) is 0 Å². The van der Waals surface area contributed by atoms with Crippen LogP contribution in [-0.4, -0.2) is 71.4 Å². The SMILES string of the molecule is CC(C)=CCOc1ccccc1C=C1C(=O)OCCOCCOCCOCCOC1=O. The minimum Gasteiger partial charge on any atom is -0.489 e. The fourth-order valence-corrected chi connectivity index (χ4v) is 2.47. The van der Waals surface area contributed by atoms with E-state index in [0.29, 0.717) is 44.3 Å². The zero-order valence-corrected chi connectivity index (χ0v) is 18.1. The van der Waals surface area contributed by atoms with E-state index in [4.69, 9.17) is 28.4 Å². The first-order chi connectivity index (χ1) is 15.1. The highest BCUT2D eigenvalue weighted by Gasteiger charge is 2.22. The number of cyclic esters (lactones) is 2. The standard InChI is InChI=1S/C23H30O8/c1-18(2)7-8-29-21-6-4-3-5-19(21)17-20-22(24)30-15-13-27-11-9-26-10-12-28-14-16-31-23(20)25/h3-7,17H,8-16H2,1-2H3. The van der Waals surface area contributed by atoms with Crippen LogP contribution in [0.1, 0.15) is 19.4 Å². The van der Waals surface area contributed by atoms with Crippen molar-refractivity contribution in [3.63, 3.8) is 0 Å². The summed E-state index contributed by atoms with van der Waals surface area (Å²) in [6, 6.07) is 7.11. The smallest absolute Gasteiger partial charge is 0.345 e. The minimum absolute atomic E-state index is 0.00524. The molecule has 8 nitrogen and oxygen atoms in total. The van der Waals surface area contributed by atoms with Gasteiger partial charge in [0.15, 0.2) is 0 Å². The zero-order chi connectivity index (χ0) is 22.3. The first-order valence-electron chi connectivity index (χ1n) is 10.2. The summed E-state index contributed by atoms with van der Waals surface area (Å²) in [5, 5.41) is 0. The monoisotopic (exact) mass is 434 g/mol. The summed E-state index contributed by atoms with van der Waals surface area (Å²) < 4.78 is 32.2. The van der Waals surface area contributed by atoms with Gasteiger partial charge in [0.25, 0.3) is 0 Å². The Morgan fingerprint density at radius 3 is 1.90 bits per heavy atom. The van der Waals surface area contributed by atoms with Crippen LogP contribution in [0.4, 0.5) is 0 Å². The molecule has 0 aliphatic carbocycles. The van der Waals surface area contributed by atoms with Crippen molar-refractivity contribution in [3.05, 3.63) is 47.1 Å². The molecule has 0 unspecified atom stereocenters. The lowest BCUT2D eigenvalue weighted by Crippen LogP contribution is -2.22. The number of allylic oxidation sites excluding steroid dienone is 1. The molecule has 0 bridgehead atoms. The Balaban J connectivity index is 2.17. The Kier molecular flexibility index (Phi) is 11.4. The molecule has 0 aromatic heterocycles. The van der Waals surface area contributed by atoms with Crippen LogP contribution in [-0.2, 0) is 33.3 Å². The number of carbonyl (C=O) groups is 2. The van der Waals surface area contributed by atoms with Crippen molar-refractivity contribution in [2.24, 2.45) is 0 Å². The maximum Gasteiger partial charge on any atom is 0.345 e. The van der Waals surface area contributed by atoms with Crippen LogP contribution in [0.5, 0.6) is 5.75 Å². The molecular weight excluding hydrogens is 404 g/mol. The van der Waals surface area contributed by atoms with Gasteiger partial charge < -0.3 is 28.4 Å². The molecule has 1 aliphatic heterocycles. The quantitative estimate of drug-likeness (QED) is 0.309. The highest BCUT2D eigenvalue weighted by Crippen LogP contribution is 2.22. The lowest BCUT2D eigenvalue weighted by atomic mass is 10.1. The number of hydrogen-bond acceptors (Lipinski definition) is 8. The van der Waals surface area contributed by atoms with E-state index in [2.05, 4.69) is 0 Å². The summed E-state index contributed by atoms with van der Waals surface area (Å²) in [5.74, 6) is -1.05. The first kappa shape index (κ1) is 24.6. The van der Waals surface area contributed by atoms with E-state index in [-0.39, 0.29) is 32.0 Å². The fraction of sp³-hybridized carbons (Fsp3) is 0.478. The normalized spacial score (nSPS) is 17.3. The molecule has 1 aliphatic rings. The maximum atomic E-state index is 12.6. The molecule has 31 heavy (non-hydrogen) atoms. The fourth-order valence-electron chi connectivity index (χ4n) is 2.47. The van der Waals surface area contributed by atoms with Crippen LogP contribution < -0.4 is 4.74 Å². The van der Waals surface area contributed by atoms with Crippen LogP contribution >= 0.6 is 0 Å². The largest absolute Gasteiger partial charge is 0.489 e. The molecule has 2 rings (SSSR count). The number of esters is 2. The predicted molar refractivity (Wildman–Crippen MR) is 114 cm³/mol. The van der Waals surface area contributed by atoms with E-state index in [0.717, 1.165) is 5.57 Å². The number of rotatable bonds is 4. The Morgan fingerprint density at radius 1 is 0.839 bits per heavy atom. The Hall–Kier alpha value is -2.68. The molecular formula is C23H30O8. The average molecular weight is 434 g/mol. The summed E-state index contributed by atoms with van der Waals surface area (Å²) in [4.78, 5) is 25.2. The van der Waals surface area contributed by atoms with E-state index >= 15 is 0 Å². The third-order valence-corrected chi connectivity index (χ3v) is 4.05. The first-order valence-corrected chi connectivity index (χ1v) is 10.2. The number of hydrogen-bond donors (Lipinski definition) is 0. The molecule has 1 saturated heterocycles. The van der Waals surface area contributed by atoms with Gasteiger partial charge in [-0.15, -0.1) is 0 Å². The molecule has 8 heteroatoms. The topological polar surface area (TPSA) is 89.5 Å². The van der Waals surface area contributed by atoms with Gasteiger partial charge in [-0.3, -0.25) is 0 Å². The van der Waals surface area contributed by atoms with Gasteiger partial charge in [-0.1, -0.05) is 23.8 Å². The molecule has 0 spiro atoms. The van der Waals surface area contributed by atoms with Gasteiger partial charge in [-0.25, -0.2) is 9.59 Å². The molecule has 1 aromatic carbocycles. The van der Waals surface area contributed by atoms with E-state index in [1.54, 1.807) is 18.2 Å². The molecule has 0 saturated carbocycles. The summed E-state index contributed by atoms with van der Waals surface area (Å²) >= 11 is 0. The van der Waals surface area contributed by atoms with Crippen molar-refractivity contribution in [2.45, 2.75) is 13.8 Å². The molecule has 0 N–H and O–H groups in total. The third-order valence-electron chi connectivity index (χ3n) is 4.05. The van der Waals surface area contributed by atoms with Crippen molar-refractivity contribution in [1.29, 1.82) is 0 Å². The summed E-state index contributed by atoms with van der Waals surface area (Å²) in [5.41, 5.74) is 1.46. The van der Waals surface area contributed by atoms with Gasteiger partial charge in [0.2, 0.25) is 0 Å². The lowest BCUT2D eigenvalue weighted by molar-refractivity contribution is -0.149. The van der Waals surface area contributed by atoms with Crippen molar-refractivity contribution in [3.8, 4) is 5.75 Å². The van der Waals surface area contributed by atoms with E-state index in [9.17, 15) is 9.59 Å². The Morgan fingerprint density at radius 2 is 1.35 bits per heavy atom.